The van der Waals surface area contributed by atoms with Crippen LogP contribution in [0.2, 0.25) is 0 Å². The molecule has 1 spiro atoms. The Morgan fingerprint density at radius 2 is 2.26 bits per heavy atom. The lowest BCUT2D eigenvalue weighted by atomic mass is 9.85. The van der Waals surface area contributed by atoms with E-state index in [1.165, 1.54) is 0 Å². The molecule has 0 radical (unpaired) electrons. The van der Waals surface area contributed by atoms with E-state index in [9.17, 15) is 0 Å². The van der Waals surface area contributed by atoms with Gasteiger partial charge in [0, 0.05) is 36.2 Å². The third-order valence-electron chi connectivity index (χ3n) is 5.80. The first-order chi connectivity index (χ1) is 13.2. The molecule has 5 rings (SSSR count). The van der Waals surface area contributed by atoms with Crippen LogP contribution in [0.15, 0.2) is 30.3 Å². The summed E-state index contributed by atoms with van der Waals surface area (Å²) in [5, 5.41) is 9.45. The Morgan fingerprint density at radius 3 is 2.96 bits per heavy atom. The van der Waals surface area contributed by atoms with Gasteiger partial charge < -0.3 is 15.4 Å². The average Bonchev–Trinajstić information content (AvgIpc) is 3.43. The van der Waals surface area contributed by atoms with E-state index in [0.717, 1.165) is 66.4 Å². The van der Waals surface area contributed by atoms with Crippen LogP contribution >= 0.6 is 11.3 Å². The Kier molecular flexibility index (Phi) is 3.99. The largest absolute Gasteiger partial charge is 0.373 e. The van der Waals surface area contributed by atoms with Gasteiger partial charge >= 0.3 is 0 Å². The molecular weight excluding hydrogens is 360 g/mol. The van der Waals surface area contributed by atoms with E-state index >= 15 is 0 Å². The standard InChI is InChI=1S/C19H22N6OS/c1-12(13-3-2-10-27-13)16-17-18(24-23-16)22-15(11-21-17)25-7-5-19(6-8-25)14(20)4-9-26-19/h2-3,10-11,14H,1,4-9,20H2,(H,22,23,24)/t14-/m1/s1. The second kappa shape index (κ2) is 6.40. The molecule has 7 nitrogen and oxygen atoms in total. The van der Waals surface area contributed by atoms with Gasteiger partial charge in [0.1, 0.15) is 11.3 Å². The third kappa shape index (κ3) is 2.75. The molecular formula is C19H22N6OS. The summed E-state index contributed by atoms with van der Waals surface area (Å²) in [5.41, 5.74) is 9.23. The smallest absolute Gasteiger partial charge is 0.202 e. The van der Waals surface area contributed by atoms with E-state index in [2.05, 4.69) is 26.7 Å². The maximum Gasteiger partial charge on any atom is 0.202 e. The van der Waals surface area contributed by atoms with Crippen LogP contribution in [0.25, 0.3) is 16.7 Å². The molecule has 0 unspecified atom stereocenters. The van der Waals surface area contributed by atoms with Crippen molar-refractivity contribution < 1.29 is 4.74 Å². The van der Waals surface area contributed by atoms with Crippen molar-refractivity contribution in [2.75, 3.05) is 24.6 Å². The maximum atomic E-state index is 6.28. The van der Waals surface area contributed by atoms with Gasteiger partial charge in [0.25, 0.3) is 0 Å². The normalized spacial score (nSPS) is 22.0. The number of ether oxygens (including phenoxy) is 1. The zero-order valence-corrected chi connectivity index (χ0v) is 15.8. The van der Waals surface area contributed by atoms with E-state index < -0.39 is 0 Å². The van der Waals surface area contributed by atoms with Gasteiger partial charge in [0.05, 0.1) is 17.5 Å². The van der Waals surface area contributed by atoms with E-state index in [0.29, 0.717) is 5.65 Å². The van der Waals surface area contributed by atoms with Gasteiger partial charge in [0.15, 0.2) is 0 Å². The number of anilines is 1. The van der Waals surface area contributed by atoms with Gasteiger partial charge in [0.2, 0.25) is 5.65 Å². The Hall–Kier alpha value is -2.29. The molecule has 2 aliphatic heterocycles. The van der Waals surface area contributed by atoms with Crippen molar-refractivity contribution in [3.05, 3.63) is 40.9 Å². The SMILES string of the molecule is C=C(c1cccs1)c1[nH]nc2nc(N3CCC4(CC3)OCC[C@H]4N)cnc12. The zero-order valence-electron chi connectivity index (χ0n) is 15.0. The second-order valence-corrected chi connectivity index (χ2v) is 8.20. The average molecular weight is 382 g/mol. The number of aromatic nitrogens is 4. The van der Waals surface area contributed by atoms with Crippen LogP contribution in [-0.4, -0.2) is 51.5 Å². The minimum Gasteiger partial charge on any atom is -0.373 e. The molecule has 3 N–H and O–H groups in total. The summed E-state index contributed by atoms with van der Waals surface area (Å²) >= 11 is 1.65. The molecule has 27 heavy (non-hydrogen) atoms. The molecule has 2 fully saturated rings. The number of thiophene rings is 1. The van der Waals surface area contributed by atoms with Crippen molar-refractivity contribution in [1.29, 1.82) is 0 Å². The fourth-order valence-electron chi connectivity index (χ4n) is 4.11. The van der Waals surface area contributed by atoms with Crippen LogP contribution in [0, 0.1) is 0 Å². The zero-order chi connectivity index (χ0) is 18.4. The fraction of sp³-hybridized carbons (Fsp3) is 0.421. The Labute approximate surface area is 161 Å². The fourth-order valence-corrected chi connectivity index (χ4v) is 4.82. The molecule has 0 saturated carbocycles. The van der Waals surface area contributed by atoms with Crippen LogP contribution in [0.3, 0.4) is 0 Å². The van der Waals surface area contributed by atoms with E-state index in [1.54, 1.807) is 11.3 Å². The minimum atomic E-state index is -0.147. The highest BCUT2D eigenvalue weighted by Gasteiger charge is 2.44. The van der Waals surface area contributed by atoms with Crippen LogP contribution < -0.4 is 10.6 Å². The predicted octanol–water partition coefficient (Wildman–Crippen LogP) is 2.56. The molecule has 1 atom stereocenters. The van der Waals surface area contributed by atoms with E-state index in [-0.39, 0.29) is 11.6 Å². The molecule has 3 aromatic heterocycles. The number of piperidine rings is 1. The molecule has 0 aromatic carbocycles. The number of nitrogens with zero attached hydrogens (tertiary/aromatic N) is 4. The summed E-state index contributed by atoms with van der Waals surface area (Å²) in [6.07, 6.45) is 4.64. The highest BCUT2D eigenvalue weighted by atomic mass is 32.1. The van der Waals surface area contributed by atoms with Crippen LogP contribution in [0.5, 0.6) is 0 Å². The predicted molar refractivity (Wildman–Crippen MR) is 107 cm³/mol. The van der Waals surface area contributed by atoms with Gasteiger partial charge in [-0.1, -0.05) is 12.6 Å². The van der Waals surface area contributed by atoms with Crippen LogP contribution in [0.1, 0.15) is 29.8 Å². The first kappa shape index (κ1) is 16.9. The summed E-state index contributed by atoms with van der Waals surface area (Å²) < 4.78 is 6.00. The van der Waals surface area contributed by atoms with Crippen molar-refractivity contribution in [1.82, 2.24) is 20.2 Å². The van der Waals surface area contributed by atoms with Crippen LogP contribution in [0.4, 0.5) is 5.82 Å². The van der Waals surface area contributed by atoms with E-state index in [1.807, 2.05) is 23.7 Å². The highest BCUT2D eigenvalue weighted by molar-refractivity contribution is 7.11. The number of aromatic amines is 1. The van der Waals surface area contributed by atoms with Crippen molar-refractivity contribution in [3.63, 3.8) is 0 Å². The molecule has 0 amide bonds. The molecule has 3 aromatic rings. The summed E-state index contributed by atoms with van der Waals surface area (Å²) in [5.74, 6) is 0.851. The van der Waals surface area contributed by atoms with Crippen molar-refractivity contribution in [2.24, 2.45) is 5.73 Å². The van der Waals surface area contributed by atoms with Gasteiger partial charge in [-0.2, -0.15) is 5.10 Å². The van der Waals surface area contributed by atoms with Crippen molar-refractivity contribution in [2.45, 2.75) is 30.9 Å². The monoisotopic (exact) mass is 382 g/mol. The molecule has 5 heterocycles. The lowest BCUT2D eigenvalue weighted by Gasteiger charge is -2.41. The number of nitrogens with one attached hydrogen (secondary N) is 1. The van der Waals surface area contributed by atoms with Gasteiger partial charge in [-0.05, 0) is 30.7 Å². The molecule has 2 aliphatic rings. The molecule has 8 heteroatoms. The highest BCUT2D eigenvalue weighted by Crippen LogP contribution is 2.36. The number of H-pyrrole nitrogens is 1. The molecule has 2 saturated heterocycles. The van der Waals surface area contributed by atoms with E-state index in [4.69, 9.17) is 15.5 Å². The lowest BCUT2D eigenvalue weighted by Crippen LogP contribution is -2.53. The number of fused-ring (bicyclic) bond motifs is 1. The molecule has 0 bridgehead atoms. The minimum absolute atomic E-state index is 0.144. The summed E-state index contributed by atoms with van der Waals surface area (Å²) in [6.45, 7) is 6.70. The first-order valence-corrected chi connectivity index (χ1v) is 10.1. The molecule has 140 valence electrons. The van der Waals surface area contributed by atoms with Crippen LogP contribution in [-0.2, 0) is 4.74 Å². The summed E-state index contributed by atoms with van der Waals surface area (Å²) in [7, 11) is 0. The number of hydrogen-bond donors (Lipinski definition) is 2. The second-order valence-electron chi connectivity index (χ2n) is 7.25. The van der Waals surface area contributed by atoms with Crippen molar-refractivity contribution >= 4 is 33.9 Å². The van der Waals surface area contributed by atoms with Crippen molar-refractivity contribution in [3.8, 4) is 0 Å². The quantitative estimate of drug-likeness (QED) is 0.723. The van der Waals surface area contributed by atoms with Gasteiger partial charge in [-0.25, -0.2) is 9.97 Å². The Bertz CT molecular complexity index is 973. The number of hydrogen-bond acceptors (Lipinski definition) is 7. The maximum absolute atomic E-state index is 6.28. The molecule has 0 aliphatic carbocycles. The number of rotatable bonds is 3. The number of nitrogens with two attached hydrogens (primary N) is 1. The Morgan fingerprint density at radius 1 is 1.41 bits per heavy atom. The lowest BCUT2D eigenvalue weighted by molar-refractivity contribution is -0.0230. The van der Waals surface area contributed by atoms with Gasteiger partial charge in [-0.15, -0.1) is 11.3 Å². The Balaban J connectivity index is 1.38. The third-order valence-corrected chi connectivity index (χ3v) is 6.73. The topological polar surface area (TPSA) is 93.0 Å². The first-order valence-electron chi connectivity index (χ1n) is 9.25. The summed E-state index contributed by atoms with van der Waals surface area (Å²) in [4.78, 5) is 12.7. The summed E-state index contributed by atoms with van der Waals surface area (Å²) in [6, 6.07) is 4.20. The van der Waals surface area contributed by atoms with Gasteiger partial charge in [-0.3, -0.25) is 5.10 Å².